The molecule has 2 aromatic rings. The number of hydrogen-bond donors (Lipinski definition) is 1. The molecular formula is C22H31N5O. The van der Waals surface area contributed by atoms with Crippen LogP contribution in [0.5, 0.6) is 0 Å². The topological polar surface area (TPSA) is 61.4 Å². The van der Waals surface area contributed by atoms with Crippen LogP contribution in [0.15, 0.2) is 42.7 Å². The lowest BCUT2D eigenvalue weighted by atomic mass is 9.93. The first-order valence-corrected chi connectivity index (χ1v) is 10.1. The minimum atomic E-state index is 0.000246. The van der Waals surface area contributed by atoms with Gasteiger partial charge in [0.1, 0.15) is 0 Å². The van der Waals surface area contributed by atoms with Gasteiger partial charge in [0.2, 0.25) is 5.95 Å². The Bertz CT molecular complexity index is 752. The molecule has 1 fully saturated rings. The highest BCUT2D eigenvalue weighted by atomic mass is 16.2. The van der Waals surface area contributed by atoms with E-state index in [9.17, 15) is 4.79 Å². The van der Waals surface area contributed by atoms with E-state index in [-0.39, 0.29) is 12.1 Å². The SMILES string of the molecule is CC(C)c1ccc([C@H](NC(=O)N2CCN(c3ncccn3)CC2)C(C)C)cc1. The summed E-state index contributed by atoms with van der Waals surface area (Å²) in [5.74, 6) is 1.55. The molecule has 0 radical (unpaired) electrons. The molecule has 1 saturated heterocycles. The molecule has 6 heteroatoms. The van der Waals surface area contributed by atoms with Gasteiger partial charge < -0.3 is 15.1 Å². The van der Waals surface area contributed by atoms with Crippen molar-refractivity contribution in [1.29, 1.82) is 0 Å². The quantitative estimate of drug-likeness (QED) is 0.855. The van der Waals surface area contributed by atoms with E-state index in [1.165, 1.54) is 5.56 Å². The molecule has 2 amide bonds. The third-order valence-corrected chi connectivity index (χ3v) is 5.31. The third-order valence-electron chi connectivity index (χ3n) is 5.31. The van der Waals surface area contributed by atoms with Crippen molar-refractivity contribution in [2.75, 3.05) is 31.1 Å². The van der Waals surface area contributed by atoms with Gasteiger partial charge in [-0.2, -0.15) is 0 Å². The number of benzene rings is 1. The van der Waals surface area contributed by atoms with E-state index >= 15 is 0 Å². The predicted octanol–water partition coefficient (Wildman–Crippen LogP) is 3.83. The highest BCUT2D eigenvalue weighted by Crippen LogP contribution is 2.24. The van der Waals surface area contributed by atoms with Gasteiger partial charge in [0.25, 0.3) is 0 Å². The number of anilines is 1. The normalized spacial score (nSPS) is 15.8. The van der Waals surface area contributed by atoms with Gasteiger partial charge in [0, 0.05) is 38.6 Å². The van der Waals surface area contributed by atoms with Crippen molar-refractivity contribution in [2.24, 2.45) is 5.92 Å². The van der Waals surface area contributed by atoms with Crippen LogP contribution in [0.1, 0.15) is 50.8 Å². The molecule has 0 saturated carbocycles. The molecule has 0 spiro atoms. The van der Waals surface area contributed by atoms with E-state index in [0.29, 0.717) is 24.9 Å². The van der Waals surface area contributed by atoms with Crippen molar-refractivity contribution < 1.29 is 4.79 Å². The summed E-state index contributed by atoms with van der Waals surface area (Å²) in [6.45, 7) is 11.5. The van der Waals surface area contributed by atoms with Gasteiger partial charge >= 0.3 is 6.03 Å². The fourth-order valence-electron chi connectivity index (χ4n) is 3.51. The predicted molar refractivity (Wildman–Crippen MR) is 112 cm³/mol. The lowest BCUT2D eigenvalue weighted by Crippen LogP contribution is -2.53. The summed E-state index contributed by atoms with van der Waals surface area (Å²) < 4.78 is 0. The first-order valence-electron chi connectivity index (χ1n) is 10.1. The van der Waals surface area contributed by atoms with Crippen LogP contribution in [-0.4, -0.2) is 47.1 Å². The molecular weight excluding hydrogens is 350 g/mol. The second kappa shape index (κ2) is 9.04. The maximum Gasteiger partial charge on any atom is 0.318 e. The van der Waals surface area contributed by atoms with E-state index in [1.807, 2.05) is 11.0 Å². The Balaban J connectivity index is 1.60. The Morgan fingerprint density at radius 3 is 2.04 bits per heavy atom. The second-order valence-electron chi connectivity index (χ2n) is 8.02. The van der Waals surface area contributed by atoms with Crippen LogP contribution in [0.2, 0.25) is 0 Å². The summed E-state index contributed by atoms with van der Waals surface area (Å²) in [4.78, 5) is 25.5. The fourth-order valence-corrected chi connectivity index (χ4v) is 3.51. The van der Waals surface area contributed by atoms with E-state index in [2.05, 4.69) is 72.1 Å². The summed E-state index contributed by atoms with van der Waals surface area (Å²) >= 11 is 0. The number of amides is 2. The number of carbonyl (C=O) groups is 1. The summed E-state index contributed by atoms with van der Waals surface area (Å²) in [7, 11) is 0. The molecule has 3 rings (SSSR count). The lowest BCUT2D eigenvalue weighted by Gasteiger charge is -2.36. The Kier molecular flexibility index (Phi) is 6.49. The molecule has 28 heavy (non-hydrogen) atoms. The molecule has 6 nitrogen and oxygen atoms in total. The summed E-state index contributed by atoms with van der Waals surface area (Å²) in [5.41, 5.74) is 2.47. The number of aromatic nitrogens is 2. The Hall–Kier alpha value is -2.63. The zero-order chi connectivity index (χ0) is 20.1. The molecule has 2 heterocycles. The number of rotatable bonds is 5. The van der Waals surface area contributed by atoms with Crippen LogP contribution < -0.4 is 10.2 Å². The van der Waals surface area contributed by atoms with Crippen molar-refractivity contribution in [3.63, 3.8) is 0 Å². The minimum absolute atomic E-state index is 0.000246. The molecule has 1 atom stereocenters. The van der Waals surface area contributed by atoms with E-state index in [1.54, 1.807) is 12.4 Å². The van der Waals surface area contributed by atoms with Crippen LogP contribution in [0.3, 0.4) is 0 Å². The zero-order valence-electron chi connectivity index (χ0n) is 17.3. The number of hydrogen-bond acceptors (Lipinski definition) is 4. The van der Waals surface area contributed by atoms with Crippen LogP contribution in [0, 0.1) is 5.92 Å². The van der Waals surface area contributed by atoms with Gasteiger partial charge in [-0.25, -0.2) is 14.8 Å². The average Bonchev–Trinajstić information content (AvgIpc) is 2.72. The highest BCUT2D eigenvalue weighted by molar-refractivity contribution is 5.75. The van der Waals surface area contributed by atoms with Gasteiger partial charge in [-0.15, -0.1) is 0 Å². The average molecular weight is 382 g/mol. The number of urea groups is 1. The number of piperazine rings is 1. The first kappa shape index (κ1) is 20.1. The fraction of sp³-hybridized carbons (Fsp3) is 0.500. The van der Waals surface area contributed by atoms with Crippen molar-refractivity contribution >= 4 is 12.0 Å². The maximum atomic E-state index is 12.9. The van der Waals surface area contributed by atoms with Crippen molar-refractivity contribution in [3.05, 3.63) is 53.9 Å². The standard InChI is InChI=1S/C22H31N5O/c1-16(2)18-6-8-19(9-7-18)20(17(3)4)25-22(28)27-14-12-26(13-15-27)21-23-10-5-11-24-21/h5-11,16-17,20H,12-15H2,1-4H3,(H,25,28)/t20-/m1/s1. The van der Waals surface area contributed by atoms with E-state index < -0.39 is 0 Å². The number of nitrogens with one attached hydrogen (secondary N) is 1. The Morgan fingerprint density at radius 2 is 1.50 bits per heavy atom. The van der Waals surface area contributed by atoms with Crippen LogP contribution >= 0.6 is 0 Å². The highest BCUT2D eigenvalue weighted by Gasteiger charge is 2.25. The largest absolute Gasteiger partial charge is 0.337 e. The van der Waals surface area contributed by atoms with Crippen LogP contribution in [-0.2, 0) is 0 Å². The van der Waals surface area contributed by atoms with Gasteiger partial charge in [-0.05, 0) is 29.0 Å². The molecule has 1 aliphatic heterocycles. The molecule has 0 aliphatic carbocycles. The molecule has 1 aliphatic rings. The molecule has 1 aromatic carbocycles. The van der Waals surface area contributed by atoms with Crippen LogP contribution in [0.4, 0.5) is 10.7 Å². The molecule has 1 N–H and O–H groups in total. The maximum absolute atomic E-state index is 12.9. The molecule has 1 aromatic heterocycles. The third kappa shape index (κ3) is 4.80. The lowest BCUT2D eigenvalue weighted by molar-refractivity contribution is 0.186. The van der Waals surface area contributed by atoms with Gasteiger partial charge in [-0.3, -0.25) is 0 Å². The molecule has 0 bridgehead atoms. The summed E-state index contributed by atoms with van der Waals surface area (Å²) in [5, 5.41) is 3.24. The second-order valence-corrected chi connectivity index (χ2v) is 8.02. The van der Waals surface area contributed by atoms with Gasteiger partial charge in [0.05, 0.1) is 6.04 Å². The molecule has 150 valence electrons. The molecule has 0 unspecified atom stereocenters. The number of carbonyl (C=O) groups excluding carboxylic acids is 1. The summed E-state index contributed by atoms with van der Waals surface area (Å²) in [6, 6.07) is 10.4. The zero-order valence-corrected chi connectivity index (χ0v) is 17.3. The van der Waals surface area contributed by atoms with E-state index in [4.69, 9.17) is 0 Å². The van der Waals surface area contributed by atoms with Crippen molar-refractivity contribution in [2.45, 2.75) is 39.7 Å². The minimum Gasteiger partial charge on any atom is -0.337 e. The smallest absolute Gasteiger partial charge is 0.318 e. The van der Waals surface area contributed by atoms with Crippen molar-refractivity contribution in [1.82, 2.24) is 20.2 Å². The van der Waals surface area contributed by atoms with Gasteiger partial charge in [0.15, 0.2) is 0 Å². The first-order chi connectivity index (χ1) is 13.5. The monoisotopic (exact) mass is 381 g/mol. The Labute approximate surface area is 168 Å². The van der Waals surface area contributed by atoms with Crippen molar-refractivity contribution in [3.8, 4) is 0 Å². The van der Waals surface area contributed by atoms with E-state index in [0.717, 1.165) is 24.6 Å². The number of nitrogens with zero attached hydrogens (tertiary/aromatic N) is 4. The van der Waals surface area contributed by atoms with Crippen LogP contribution in [0.25, 0.3) is 0 Å². The van der Waals surface area contributed by atoms with Gasteiger partial charge in [-0.1, -0.05) is 52.0 Å². The summed E-state index contributed by atoms with van der Waals surface area (Å²) in [6.07, 6.45) is 3.50. The Morgan fingerprint density at radius 1 is 0.929 bits per heavy atom.